The Balaban J connectivity index is 2.10. The maximum absolute atomic E-state index is 12.3. The molecule has 1 aliphatic heterocycles. The molecule has 1 fully saturated rings. The molecular weight excluding hydrogens is 252 g/mol. The largest absolute Gasteiger partial charge is 0.507 e. The Kier molecular flexibility index (Phi) is 4.09. The van der Waals surface area contributed by atoms with E-state index in [1.54, 1.807) is 11.0 Å². The van der Waals surface area contributed by atoms with Gasteiger partial charge in [-0.05, 0) is 44.1 Å². The fraction of sp³-hybridized carbons (Fsp3) is 0.462. The molecule has 18 heavy (non-hydrogen) atoms. The summed E-state index contributed by atoms with van der Waals surface area (Å²) >= 11 is 5.85. The van der Waals surface area contributed by atoms with Gasteiger partial charge in [-0.2, -0.15) is 0 Å². The Morgan fingerprint density at radius 3 is 3.11 bits per heavy atom. The first-order chi connectivity index (χ1) is 8.61. The smallest absolute Gasteiger partial charge is 0.257 e. The number of nitrogens with zero attached hydrogens (tertiary/aromatic N) is 1. The zero-order valence-electron chi connectivity index (χ0n) is 10.3. The van der Waals surface area contributed by atoms with Crippen LogP contribution in [0.1, 0.15) is 16.8 Å². The molecule has 5 heteroatoms. The number of carbonyl (C=O) groups is 1. The van der Waals surface area contributed by atoms with E-state index in [-0.39, 0.29) is 17.2 Å². The fourth-order valence-corrected chi connectivity index (χ4v) is 2.49. The zero-order chi connectivity index (χ0) is 13.1. The first-order valence-corrected chi connectivity index (χ1v) is 6.42. The molecule has 0 bridgehead atoms. The van der Waals surface area contributed by atoms with Crippen molar-refractivity contribution in [2.24, 2.45) is 5.92 Å². The predicted molar refractivity (Wildman–Crippen MR) is 71.1 cm³/mol. The van der Waals surface area contributed by atoms with Crippen molar-refractivity contribution < 1.29 is 9.90 Å². The van der Waals surface area contributed by atoms with Crippen LogP contribution in [-0.4, -0.2) is 42.6 Å². The van der Waals surface area contributed by atoms with Crippen molar-refractivity contribution in [3.63, 3.8) is 0 Å². The van der Waals surface area contributed by atoms with Crippen molar-refractivity contribution in [2.45, 2.75) is 6.42 Å². The number of phenolic OH excluding ortho intramolecular Hbond substituents is 1. The number of hydrogen-bond donors (Lipinski definition) is 2. The molecule has 1 aliphatic rings. The Morgan fingerprint density at radius 1 is 1.61 bits per heavy atom. The second-order valence-corrected chi connectivity index (χ2v) is 5.06. The molecule has 0 aromatic heterocycles. The van der Waals surface area contributed by atoms with Gasteiger partial charge in [0.2, 0.25) is 0 Å². The number of rotatable bonds is 3. The van der Waals surface area contributed by atoms with Gasteiger partial charge in [-0.1, -0.05) is 11.6 Å². The maximum Gasteiger partial charge on any atom is 0.257 e. The van der Waals surface area contributed by atoms with Gasteiger partial charge in [-0.15, -0.1) is 0 Å². The third-order valence-electron chi connectivity index (χ3n) is 3.25. The second-order valence-electron chi connectivity index (χ2n) is 4.63. The minimum Gasteiger partial charge on any atom is -0.507 e. The lowest BCUT2D eigenvalue weighted by Crippen LogP contribution is -2.30. The molecule has 1 amide bonds. The molecule has 0 aliphatic carbocycles. The first kappa shape index (κ1) is 13.2. The van der Waals surface area contributed by atoms with Crippen LogP contribution < -0.4 is 5.32 Å². The van der Waals surface area contributed by atoms with E-state index in [1.807, 2.05) is 7.05 Å². The molecule has 2 rings (SSSR count). The summed E-state index contributed by atoms with van der Waals surface area (Å²) in [7, 11) is 1.91. The molecule has 98 valence electrons. The number of carbonyl (C=O) groups excluding carboxylic acids is 1. The number of aromatic hydroxyl groups is 1. The monoisotopic (exact) mass is 268 g/mol. The van der Waals surface area contributed by atoms with Crippen LogP contribution in [0.5, 0.6) is 5.75 Å². The van der Waals surface area contributed by atoms with Crippen molar-refractivity contribution in [1.82, 2.24) is 10.2 Å². The van der Waals surface area contributed by atoms with Gasteiger partial charge in [0.25, 0.3) is 5.91 Å². The van der Waals surface area contributed by atoms with Gasteiger partial charge in [0, 0.05) is 18.1 Å². The summed E-state index contributed by atoms with van der Waals surface area (Å²) < 4.78 is 0. The molecule has 1 aromatic rings. The molecule has 0 saturated carbocycles. The predicted octanol–water partition coefficient (Wildman–Crippen LogP) is 1.73. The van der Waals surface area contributed by atoms with E-state index >= 15 is 0 Å². The van der Waals surface area contributed by atoms with Gasteiger partial charge in [-0.25, -0.2) is 0 Å². The van der Waals surface area contributed by atoms with E-state index in [9.17, 15) is 9.90 Å². The van der Waals surface area contributed by atoms with Crippen LogP contribution in [0, 0.1) is 5.92 Å². The van der Waals surface area contributed by atoms with Gasteiger partial charge in [0.1, 0.15) is 5.75 Å². The van der Waals surface area contributed by atoms with E-state index in [0.717, 1.165) is 26.1 Å². The van der Waals surface area contributed by atoms with Crippen molar-refractivity contribution in [1.29, 1.82) is 0 Å². The average Bonchev–Trinajstić information content (AvgIpc) is 2.80. The van der Waals surface area contributed by atoms with E-state index < -0.39 is 0 Å². The van der Waals surface area contributed by atoms with E-state index in [0.29, 0.717) is 10.9 Å². The van der Waals surface area contributed by atoms with Gasteiger partial charge in [0.15, 0.2) is 0 Å². The van der Waals surface area contributed by atoms with E-state index in [1.165, 1.54) is 12.1 Å². The van der Waals surface area contributed by atoms with Gasteiger partial charge < -0.3 is 15.3 Å². The fourth-order valence-electron chi connectivity index (χ4n) is 2.32. The number of benzene rings is 1. The van der Waals surface area contributed by atoms with Crippen LogP contribution in [0.25, 0.3) is 0 Å². The van der Waals surface area contributed by atoms with Crippen molar-refractivity contribution in [3.05, 3.63) is 28.8 Å². The molecule has 0 radical (unpaired) electrons. The summed E-state index contributed by atoms with van der Waals surface area (Å²) in [5.74, 6) is 0.329. The number of phenols is 1. The molecule has 1 saturated heterocycles. The van der Waals surface area contributed by atoms with Gasteiger partial charge in [-0.3, -0.25) is 4.79 Å². The topological polar surface area (TPSA) is 52.6 Å². The van der Waals surface area contributed by atoms with Crippen LogP contribution >= 0.6 is 11.6 Å². The van der Waals surface area contributed by atoms with Crippen LogP contribution in [0.2, 0.25) is 5.02 Å². The highest BCUT2D eigenvalue weighted by Gasteiger charge is 2.27. The Labute approximate surface area is 112 Å². The van der Waals surface area contributed by atoms with Crippen LogP contribution in [0.3, 0.4) is 0 Å². The van der Waals surface area contributed by atoms with Gasteiger partial charge in [0.05, 0.1) is 5.56 Å². The van der Waals surface area contributed by atoms with Crippen molar-refractivity contribution in [3.8, 4) is 5.75 Å². The van der Waals surface area contributed by atoms with E-state index in [2.05, 4.69) is 5.32 Å². The highest BCUT2D eigenvalue weighted by Crippen LogP contribution is 2.25. The lowest BCUT2D eigenvalue weighted by atomic mass is 10.1. The molecule has 1 heterocycles. The quantitative estimate of drug-likeness (QED) is 0.878. The Bertz CT molecular complexity index is 451. The summed E-state index contributed by atoms with van der Waals surface area (Å²) in [5.41, 5.74) is 0.285. The lowest BCUT2D eigenvalue weighted by molar-refractivity contribution is 0.0784. The third-order valence-corrected chi connectivity index (χ3v) is 3.49. The Morgan fingerprint density at radius 2 is 2.39 bits per heavy atom. The number of nitrogens with one attached hydrogen (secondary N) is 1. The average molecular weight is 269 g/mol. The number of amides is 1. The summed E-state index contributed by atoms with van der Waals surface area (Å²) in [6.07, 6.45) is 0.994. The summed E-state index contributed by atoms with van der Waals surface area (Å²) in [6.45, 7) is 2.37. The number of likely N-dealkylation sites (tertiary alicyclic amines) is 1. The first-order valence-electron chi connectivity index (χ1n) is 6.04. The molecular formula is C13H17ClN2O2. The summed E-state index contributed by atoms with van der Waals surface area (Å²) in [6, 6.07) is 4.54. The van der Waals surface area contributed by atoms with Crippen LogP contribution in [0.15, 0.2) is 18.2 Å². The summed E-state index contributed by atoms with van der Waals surface area (Å²) in [5, 5.41) is 13.3. The highest BCUT2D eigenvalue weighted by molar-refractivity contribution is 6.31. The molecule has 1 aromatic carbocycles. The molecule has 1 atom stereocenters. The molecule has 2 N–H and O–H groups in total. The molecule has 4 nitrogen and oxygen atoms in total. The normalized spacial score (nSPS) is 19.2. The Hall–Kier alpha value is -1.26. The third kappa shape index (κ3) is 2.76. The van der Waals surface area contributed by atoms with Crippen LogP contribution in [-0.2, 0) is 0 Å². The minimum atomic E-state index is -0.145. The highest BCUT2D eigenvalue weighted by atomic mass is 35.5. The van der Waals surface area contributed by atoms with Gasteiger partial charge >= 0.3 is 0 Å². The van der Waals surface area contributed by atoms with Crippen molar-refractivity contribution >= 4 is 17.5 Å². The second kappa shape index (κ2) is 5.59. The maximum atomic E-state index is 12.3. The standard InChI is InChI=1S/C13H17ClN2O2/c1-15-7-9-4-5-16(8-9)13(18)11-6-10(14)2-3-12(11)17/h2-3,6,9,15,17H,4-5,7-8H2,1H3. The lowest BCUT2D eigenvalue weighted by Gasteiger charge is -2.17. The van der Waals surface area contributed by atoms with Crippen LogP contribution in [0.4, 0.5) is 0 Å². The van der Waals surface area contributed by atoms with Crippen molar-refractivity contribution in [2.75, 3.05) is 26.7 Å². The minimum absolute atomic E-state index is 0.0125. The number of hydrogen-bond acceptors (Lipinski definition) is 3. The number of halogens is 1. The molecule has 0 spiro atoms. The zero-order valence-corrected chi connectivity index (χ0v) is 11.1. The summed E-state index contributed by atoms with van der Waals surface area (Å²) in [4.78, 5) is 14.0. The molecule has 1 unspecified atom stereocenters. The van der Waals surface area contributed by atoms with E-state index in [4.69, 9.17) is 11.6 Å². The SMILES string of the molecule is CNCC1CCN(C(=O)c2cc(Cl)ccc2O)C1.